The molecule has 0 spiro atoms. The number of ether oxygens (including phenoxy) is 1. The van der Waals surface area contributed by atoms with Gasteiger partial charge < -0.3 is 10.1 Å². The molecule has 2 aromatic rings. The van der Waals surface area contributed by atoms with Crippen LogP contribution in [0, 0.1) is 0 Å². The third-order valence-corrected chi connectivity index (χ3v) is 4.71. The van der Waals surface area contributed by atoms with Crippen LogP contribution in [0.5, 0.6) is 5.75 Å². The Labute approximate surface area is 134 Å². The Kier molecular flexibility index (Phi) is 4.61. The first kappa shape index (κ1) is 14.6. The van der Waals surface area contributed by atoms with E-state index in [1.165, 1.54) is 21.2 Å². The summed E-state index contributed by atoms with van der Waals surface area (Å²) >= 11 is 3.61. The summed E-state index contributed by atoms with van der Waals surface area (Å²) in [6.45, 7) is 4.01. The summed E-state index contributed by atoms with van der Waals surface area (Å²) in [5.41, 5.74) is 4.04. The minimum absolute atomic E-state index is 0.346. The van der Waals surface area contributed by atoms with Crippen molar-refractivity contribution in [3.8, 4) is 5.75 Å². The molecule has 21 heavy (non-hydrogen) atoms. The third-order valence-electron chi connectivity index (χ3n) is 3.99. The summed E-state index contributed by atoms with van der Waals surface area (Å²) < 4.78 is 6.71. The molecule has 0 amide bonds. The van der Waals surface area contributed by atoms with E-state index in [-0.39, 0.29) is 0 Å². The SMILES string of the molecule is C[C@H](NCCc1ccc2c(c1)CCO2)c1ccccc1Br. The number of hydrogen-bond donors (Lipinski definition) is 1. The van der Waals surface area contributed by atoms with Crippen molar-refractivity contribution in [2.45, 2.75) is 25.8 Å². The Bertz CT molecular complexity index is 626. The molecule has 0 fully saturated rings. The molecule has 0 saturated heterocycles. The predicted molar refractivity (Wildman–Crippen MR) is 89.9 cm³/mol. The lowest BCUT2D eigenvalue weighted by atomic mass is 10.1. The Hall–Kier alpha value is -1.32. The summed E-state index contributed by atoms with van der Waals surface area (Å²) in [7, 11) is 0. The molecule has 110 valence electrons. The van der Waals surface area contributed by atoms with Gasteiger partial charge in [-0.1, -0.05) is 46.3 Å². The zero-order valence-corrected chi connectivity index (χ0v) is 13.8. The highest BCUT2D eigenvalue weighted by Gasteiger charge is 2.12. The molecular weight excluding hydrogens is 326 g/mol. The molecule has 1 atom stereocenters. The first-order valence-electron chi connectivity index (χ1n) is 7.46. The van der Waals surface area contributed by atoms with Crippen LogP contribution in [0.4, 0.5) is 0 Å². The van der Waals surface area contributed by atoms with E-state index in [0.717, 1.165) is 31.7 Å². The quantitative estimate of drug-likeness (QED) is 0.873. The highest BCUT2D eigenvalue weighted by molar-refractivity contribution is 9.10. The van der Waals surface area contributed by atoms with E-state index in [1.54, 1.807) is 0 Å². The molecule has 0 saturated carbocycles. The Morgan fingerprint density at radius 1 is 1.24 bits per heavy atom. The molecule has 1 aliphatic rings. The van der Waals surface area contributed by atoms with Crippen molar-refractivity contribution < 1.29 is 4.74 Å². The zero-order chi connectivity index (χ0) is 14.7. The molecule has 0 aromatic heterocycles. The fraction of sp³-hybridized carbons (Fsp3) is 0.333. The first-order chi connectivity index (χ1) is 10.2. The van der Waals surface area contributed by atoms with Crippen molar-refractivity contribution in [1.29, 1.82) is 0 Å². The number of fused-ring (bicyclic) bond motifs is 1. The van der Waals surface area contributed by atoms with Gasteiger partial charge in [0.2, 0.25) is 0 Å². The van der Waals surface area contributed by atoms with Crippen LogP contribution >= 0.6 is 15.9 Å². The lowest BCUT2D eigenvalue weighted by Gasteiger charge is -2.16. The van der Waals surface area contributed by atoms with Crippen molar-refractivity contribution >= 4 is 15.9 Å². The standard InChI is InChI=1S/C18H20BrNO/c1-13(16-4-2-3-5-17(16)19)20-10-8-14-6-7-18-15(12-14)9-11-21-18/h2-7,12-13,20H,8-11H2,1H3/t13-/m0/s1. The van der Waals surface area contributed by atoms with Crippen LogP contribution in [0.15, 0.2) is 46.9 Å². The van der Waals surface area contributed by atoms with Crippen LogP contribution in [0.1, 0.15) is 29.7 Å². The van der Waals surface area contributed by atoms with E-state index in [9.17, 15) is 0 Å². The van der Waals surface area contributed by atoms with Gasteiger partial charge in [0, 0.05) is 16.9 Å². The van der Waals surface area contributed by atoms with Gasteiger partial charge in [-0.15, -0.1) is 0 Å². The average molecular weight is 346 g/mol. The molecule has 0 radical (unpaired) electrons. The summed E-state index contributed by atoms with van der Waals surface area (Å²) in [4.78, 5) is 0. The summed E-state index contributed by atoms with van der Waals surface area (Å²) in [5, 5.41) is 3.59. The lowest BCUT2D eigenvalue weighted by Crippen LogP contribution is -2.21. The van der Waals surface area contributed by atoms with Gasteiger partial charge in [0.15, 0.2) is 0 Å². The zero-order valence-electron chi connectivity index (χ0n) is 12.2. The molecule has 1 N–H and O–H groups in total. The predicted octanol–water partition coefficient (Wildman–Crippen LogP) is 4.28. The number of hydrogen-bond acceptors (Lipinski definition) is 2. The second-order valence-electron chi connectivity index (χ2n) is 5.49. The minimum atomic E-state index is 0.346. The molecule has 3 heteroatoms. The number of halogens is 1. The fourth-order valence-electron chi connectivity index (χ4n) is 2.76. The maximum atomic E-state index is 5.55. The van der Waals surface area contributed by atoms with Gasteiger partial charge in [-0.25, -0.2) is 0 Å². The van der Waals surface area contributed by atoms with Gasteiger partial charge in [0.1, 0.15) is 5.75 Å². The van der Waals surface area contributed by atoms with E-state index >= 15 is 0 Å². The van der Waals surface area contributed by atoms with E-state index in [4.69, 9.17) is 4.74 Å². The molecule has 2 nitrogen and oxygen atoms in total. The molecular formula is C18H20BrNO. The van der Waals surface area contributed by atoms with Gasteiger partial charge in [0.05, 0.1) is 6.61 Å². The smallest absolute Gasteiger partial charge is 0.122 e. The van der Waals surface area contributed by atoms with Crippen LogP contribution in [0.2, 0.25) is 0 Å². The van der Waals surface area contributed by atoms with Crippen LogP contribution in [-0.4, -0.2) is 13.2 Å². The molecule has 1 aliphatic heterocycles. The van der Waals surface area contributed by atoms with Gasteiger partial charge in [-0.05, 0) is 48.7 Å². The van der Waals surface area contributed by atoms with Crippen LogP contribution in [0.3, 0.4) is 0 Å². The summed E-state index contributed by atoms with van der Waals surface area (Å²) in [6.07, 6.45) is 2.09. The Balaban J connectivity index is 1.55. The van der Waals surface area contributed by atoms with Crippen LogP contribution in [-0.2, 0) is 12.8 Å². The summed E-state index contributed by atoms with van der Waals surface area (Å²) in [6, 6.07) is 15.3. The molecule has 0 aliphatic carbocycles. The van der Waals surface area contributed by atoms with E-state index in [1.807, 2.05) is 6.07 Å². The first-order valence-corrected chi connectivity index (χ1v) is 8.26. The second kappa shape index (κ2) is 6.63. The normalized spacial score (nSPS) is 14.6. The number of benzene rings is 2. The van der Waals surface area contributed by atoms with Gasteiger partial charge in [0.25, 0.3) is 0 Å². The van der Waals surface area contributed by atoms with Crippen LogP contribution in [0.25, 0.3) is 0 Å². The maximum Gasteiger partial charge on any atom is 0.122 e. The highest BCUT2D eigenvalue weighted by atomic mass is 79.9. The van der Waals surface area contributed by atoms with Gasteiger partial charge in [-0.2, -0.15) is 0 Å². The topological polar surface area (TPSA) is 21.3 Å². The maximum absolute atomic E-state index is 5.55. The van der Waals surface area contributed by atoms with E-state index in [2.05, 4.69) is 64.6 Å². The minimum Gasteiger partial charge on any atom is -0.493 e. The van der Waals surface area contributed by atoms with Gasteiger partial charge in [-0.3, -0.25) is 0 Å². The Morgan fingerprint density at radius 3 is 2.95 bits per heavy atom. The van der Waals surface area contributed by atoms with Crippen molar-refractivity contribution in [3.63, 3.8) is 0 Å². The largest absolute Gasteiger partial charge is 0.493 e. The Morgan fingerprint density at radius 2 is 2.10 bits per heavy atom. The molecule has 0 unspecified atom stereocenters. The van der Waals surface area contributed by atoms with Crippen molar-refractivity contribution in [1.82, 2.24) is 5.32 Å². The highest BCUT2D eigenvalue weighted by Crippen LogP contribution is 2.26. The number of rotatable bonds is 5. The second-order valence-corrected chi connectivity index (χ2v) is 6.34. The van der Waals surface area contributed by atoms with Crippen molar-refractivity contribution in [2.24, 2.45) is 0 Å². The molecule has 3 rings (SSSR count). The molecule has 1 heterocycles. The monoisotopic (exact) mass is 345 g/mol. The van der Waals surface area contributed by atoms with Crippen molar-refractivity contribution in [3.05, 3.63) is 63.6 Å². The third kappa shape index (κ3) is 3.47. The lowest BCUT2D eigenvalue weighted by molar-refractivity contribution is 0.357. The van der Waals surface area contributed by atoms with E-state index < -0.39 is 0 Å². The van der Waals surface area contributed by atoms with Crippen molar-refractivity contribution in [2.75, 3.05) is 13.2 Å². The summed E-state index contributed by atoms with van der Waals surface area (Å²) in [5.74, 6) is 1.06. The van der Waals surface area contributed by atoms with E-state index in [0.29, 0.717) is 6.04 Å². The fourth-order valence-corrected chi connectivity index (χ4v) is 3.39. The average Bonchev–Trinajstić information content (AvgIpc) is 2.95. The van der Waals surface area contributed by atoms with Crippen LogP contribution < -0.4 is 10.1 Å². The van der Waals surface area contributed by atoms with Gasteiger partial charge >= 0.3 is 0 Å². The molecule has 0 bridgehead atoms. The number of nitrogens with one attached hydrogen (secondary N) is 1. The molecule has 2 aromatic carbocycles.